The Kier molecular flexibility index (Phi) is 6.81. The summed E-state index contributed by atoms with van der Waals surface area (Å²) in [7, 11) is 0. The van der Waals surface area contributed by atoms with Crippen LogP contribution in [0.5, 0.6) is 0 Å². The topological polar surface area (TPSA) is 99.9 Å². The monoisotopic (exact) mass is 484 g/mol. The minimum Gasteiger partial charge on any atom is -0.428 e. The van der Waals surface area contributed by atoms with Crippen LogP contribution >= 0.6 is 15.9 Å². The van der Waals surface area contributed by atoms with Crippen molar-refractivity contribution in [2.45, 2.75) is 13.8 Å². The van der Waals surface area contributed by atoms with E-state index in [1.54, 1.807) is 12.1 Å². The van der Waals surface area contributed by atoms with Crippen molar-refractivity contribution in [1.29, 1.82) is 0 Å². The Morgan fingerprint density at radius 1 is 1.06 bits per heavy atom. The molecule has 0 saturated heterocycles. The van der Waals surface area contributed by atoms with Crippen molar-refractivity contribution in [2.24, 2.45) is 0 Å². The fourth-order valence-corrected chi connectivity index (χ4v) is 3.27. The lowest BCUT2D eigenvalue weighted by atomic mass is 10.1. The van der Waals surface area contributed by atoms with Gasteiger partial charge in [0.25, 0.3) is 0 Å². The lowest BCUT2D eigenvalue weighted by molar-refractivity contribution is -0.149. The van der Waals surface area contributed by atoms with Gasteiger partial charge in [-0.2, -0.15) is 0 Å². The van der Waals surface area contributed by atoms with Crippen LogP contribution in [0.1, 0.15) is 38.8 Å². The smallest absolute Gasteiger partial charge is 0.343 e. The number of aryl methyl sites for hydroxylation is 1. The van der Waals surface area contributed by atoms with Gasteiger partial charge >= 0.3 is 17.6 Å². The number of allylic oxidation sites excluding steroid dienone is 1. The number of benzene rings is 2. The first kappa shape index (κ1) is 22.2. The highest BCUT2D eigenvalue weighted by atomic mass is 79.9. The summed E-state index contributed by atoms with van der Waals surface area (Å²) in [4.78, 5) is 47.4. The summed E-state index contributed by atoms with van der Waals surface area (Å²) in [6.45, 7) is 2.60. The molecule has 1 aromatic heterocycles. The van der Waals surface area contributed by atoms with Crippen molar-refractivity contribution in [2.75, 3.05) is 6.79 Å². The highest BCUT2D eigenvalue weighted by Gasteiger charge is 2.14. The number of esters is 2. The van der Waals surface area contributed by atoms with E-state index < -0.39 is 24.4 Å². The number of hydrogen-bond donors (Lipinski definition) is 0. The fourth-order valence-electron chi connectivity index (χ4n) is 2.70. The van der Waals surface area contributed by atoms with E-state index in [-0.39, 0.29) is 22.5 Å². The van der Waals surface area contributed by atoms with Crippen LogP contribution in [0.25, 0.3) is 17.0 Å². The van der Waals surface area contributed by atoms with Crippen molar-refractivity contribution in [3.63, 3.8) is 0 Å². The molecular formula is C23H17BrO7. The SMILES string of the molecule is CC(=O)OCOC(=O)c1ccc(C(=O)/C=C/c2cc3ccc(C)cc3oc2=O)c(Br)c1. The van der Waals surface area contributed by atoms with E-state index in [2.05, 4.69) is 20.7 Å². The zero-order valence-electron chi connectivity index (χ0n) is 16.6. The van der Waals surface area contributed by atoms with Crippen molar-refractivity contribution >= 4 is 50.7 Å². The maximum absolute atomic E-state index is 12.6. The van der Waals surface area contributed by atoms with Crippen molar-refractivity contribution in [3.8, 4) is 0 Å². The first-order valence-electron chi connectivity index (χ1n) is 9.11. The quantitative estimate of drug-likeness (QED) is 0.167. The first-order valence-corrected chi connectivity index (χ1v) is 9.91. The normalized spacial score (nSPS) is 10.9. The second-order valence-electron chi connectivity index (χ2n) is 6.61. The molecule has 0 fully saturated rings. The summed E-state index contributed by atoms with van der Waals surface area (Å²) in [5.41, 5.74) is 1.60. The van der Waals surface area contributed by atoms with Crippen LogP contribution in [0.15, 0.2) is 62.2 Å². The standard InChI is InChI=1S/C23H17BrO7/c1-13-3-4-15-10-16(23(28)31-21(15)9-13)6-8-20(26)18-7-5-17(11-19(18)24)22(27)30-12-29-14(2)25/h3-11H,12H2,1-2H3/b8-6+. The largest absolute Gasteiger partial charge is 0.428 e. The zero-order chi connectivity index (χ0) is 22.5. The average molecular weight is 485 g/mol. The van der Waals surface area contributed by atoms with Crippen LogP contribution < -0.4 is 5.63 Å². The van der Waals surface area contributed by atoms with Gasteiger partial charge < -0.3 is 13.9 Å². The predicted octanol–water partition coefficient (Wildman–Crippen LogP) is 4.44. The Morgan fingerprint density at radius 2 is 1.84 bits per heavy atom. The van der Waals surface area contributed by atoms with Crippen LogP contribution in [0.2, 0.25) is 0 Å². The molecule has 0 aliphatic carbocycles. The van der Waals surface area contributed by atoms with Crippen molar-refractivity contribution < 1.29 is 28.3 Å². The Morgan fingerprint density at radius 3 is 2.55 bits per heavy atom. The summed E-state index contributed by atoms with van der Waals surface area (Å²) in [6, 6.07) is 11.4. The van der Waals surface area contributed by atoms with Gasteiger partial charge in [-0.25, -0.2) is 9.59 Å². The number of ketones is 1. The number of carbonyl (C=O) groups excluding carboxylic acids is 3. The molecule has 8 heteroatoms. The minimum atomic E-state index is -0.708. The number of hydrogen-bond acceptors (Lipinski definition) is 7. The number of carbonyl (C=O) groups is 3. The Labute approximate surface area is 185 Å². The molecule has 0 aliphatic rings. The van der Waals surface area contributed by atoms with E-state index in [1.807, 2.05) is 19.1 Å². The molecule has 0 N–H and O–H groups in total. The molecule has 0 spiro atoms. The molecular weight excluding hydrogens is 468 g/mol. The molecule has 7 nitrogen and oxygen atoms in total. The van der Waals surface area contributed by atoms with E-state index in [1.165, 1.54) is 37.3 Å². The molecule has 0 atom stereocenters. The summed E-state index contributed by atoms with van der Waals surface area (Å²) < 4.78 is 15.0. The Hall–Kier alpha value is -3.52. The third kappa shape index (κ3) is 5.55. The third-order valence-electron chi connectivity index (χ3n) is 4.26. The molecule has 0 unspecified atom stereocenters. The Balaban J connectivity index is 1.76. The highest BCUT2D eigenvalue weighted by molar-refractivity contribution is 9.10. The molecule has 3 rings (SSSR count). The van der Waals surface area contributed by atoms with Crippen LogP contribution in [0, 0.1) is 6.92 Å². The molecule has 1 heterocycles. The molecule has 0 radical (unpaired) electrons. The fraction of sp³-hybridized carbons (Fsp3) is 0.130. The zero-order valence-corrected chi connectivity index (χ0v) is 18.2. The maximum Gasteiger partial charge on any atom is 0.343 e. The lowest BCUT2D eigenvalue weighted by Gasteiger charge is -2.06. The molecule has 2 aromatic carbocycles. The average Bonchev–Trinajstić information content (AvgIpc) is 2.71. The highest BCUT2D eigenvalue weighted by Crippen LogP contribution is 2.21. The van der Waals surface area contributed by atoms with Crippen molar-refractivity contribution in [1.82, 2.24) is 0 Å². The molecule has 3 aromatic rings. The van der Waals surface area contributed by atoms with Gasteiger partial charge in [-0.05, 0) is 55.0 Å². The molecule has 158 valence electrons. The van der Waals surface area contributed by atoms with E-state index in [0.717, 1.165) is 10.9 Å². The Bertz CT molecular complexity index is 1270. The number of ether oxygens (including phenoxy) is 2. The molecule has 0 saturated carbocycles. The second-order valence-corrected chi connectivity index (χ2v) is 7.46. The number of fused-ring (bicyclic) bond motifs is 1. The van der Waals surface area contributed by atoms with Crippen LogP contribution in [0.3, 0.4) is 0 Å². The van der Waals surface area contributed by atoms with Crippen molar-refractivity contribution in [3.05, 3.63) is 85.7 Å². The van der Waals surface area contributed by atoms with E-state index in [9.17, 15) is 19.2 Å². The maximum atomic E-state index is 12.6. The van der Waals surface area contributed by atoms with Crippen LogP contribution in [0.4, 0.5) is 0 Å². The van der Waals surface area contributed by atoms with Gasteiger partial charge in [0.2, 0.25) is 6.79 Å². The summed E-state index contributed by atoms with van der Waals surface area (Å²) >= 11 is 3.26. The van der Waals surface area contributed by atoms with Gasteiger partial charge in [0.1, 0.15) is 5.58 Å². The molecule has 0 amide bonds. The summed E-state index contributed by atoms with van der Waals surface area (Å²) in [5.74, 6) is -1.66. The van der Waals surface area contributed by atoms with Gasteiger partial charge in [-0.3, -0.25) is 9.59 Å². The van der Waals surface area contributed by atoms with E-state index >= 15 is 0 Å². The van der Waals surface area contributed by atoms with Gasteiger partial charge in [0.05, 0.1) is 11.1 Å². The molecule has 0 aliphatic heterocycles. The third-order valence-corrected chi connectivity index (χ3v) is 4.91. The van der Waals surface area contributed by atoms with Crippen LogP contribution in [-0.2, 0) is 14.3 Å². The van der Waals surface area contributed by atoms with E-state index in [0.29, 0.717) is 10.1 Å². The lowest BCUT2D eigenvalue weighted by Crippen LogP contribution is -2.11. The van der Waals surface area contributed by atoms with Crippen LogP contribution in [-0.4, -0.2) is 24.5 Å². The van der Waals surface area contributed by atoms with Gasteiger partial charge in [-0.15, -0.1) is 0 Å². The minimum absolute atomic E-state index is 0.171. The predicted molar refractivity (Wildman–Crippen MR) is 117 cm³/mol. The second kappa shape index (κ2) is 9.53. The van der Waals surface area contributed by atoms with Gasteiger partial charge in [0.15, 0.2) is 5.78 Å². The summed E-state index contributed by atoms with van der Waals surface area (Å²) in [6.07, 6.45) is 2.65. The van der Waals surface area contributed by atoms with Gasteiger partial charge in [-0.1, -0.05) is 28.1 Å². The molecule has 31 heavy (non-hydrogen) atoms. The van der Waals surface area contributed by atoms with E-state index in [4.69, 9.17) is 9.15 Å². The first-order chi connectivity index (χ1) is 14.7. The van der Waals surface area contributed by atoms with Gasteiger partial charge in [0, 0.05) is 22.3 Å². The number of rotatable bonds is 6. The summed E-state index contributed by atoms with van der Waals surface area (Å²) in [5, 5.41) is 0.745. The molecule has 0 bridgehead atoms. The number of halogens is 1.